The van der Waals surface area contributed by atoms with Crippen LogP contribution in [0.2, 0.25) is 0 Å². The minimum Gasteiger partial charge on any atom is -0.497 e. The molecule has 5 nitrogen and oxygen atoms in total. The zero-order chi connectivity index (χ0) is 18.9. The van der Waals surface area contributed by atoms with Gasteiger partial charge in [0.15, 0.2) is 0 Å². The molecule has 144 valence electrons. The first-order valence-corrected chi connectivity index (χ1v) is 9.63. The van der Waals surface area contributed by atoms with Gasteiger partial charge in [-0.15, -0.1) is 0 Å². The molecule has 5 heteroatoms. The average Bonchev–Trinajstić information content (AvgIpc) is 2.69. The number of fused-ring (bicyclic) bond motifs is 1. The van der Waals surface area contributed by atoms with Crippen molar-refractivity contribution in [2.45, 2.75) is 25.4 Å². The summed E-state index contributed by atoms with van der Waals surface area (Å²) in [7, 11) is 3.36. The van der Waals surface area contributed by atoms with Crippen LogP contribution < -0.4 is 4.74 Å². The van der Waals surface area contributed by atoms with E-state index in [1.807, 2.05) is 17.0 Å². The van der Waals surface area contributed by atoms with Gasteiger partial charge in [0.1, 0.15) is 11.9 Å². The van der Waals surface area contributed by atoms with Crippen molar-refractivity contribution in [2.75, 3.05) is 40.5 Å². The number of methoxy groups -OCH3 is 2. The van der Waals surface area contributed by atoms with E-state index in [1.165, 1.54) is 0 Å². The molecule has 1 aliphatic heterocycles. The number of carbonyl (C=O) groups excluding carboxylic acids is 1. The molecule has 1 saturated carbocycles. The molecule has 0 bridgehead atoms. The van der Waals surface area contributed by atoms with E-state index in [4.69, 9.17) is 14.2 Å². The summed E-state index contributed by atoms with van der Waals surface area (Å²) in [6.45, 7) is 2.35. The van der Waals surface area contributed by atoms with Gasteiger partial charge in [-0.05, 0) is 47.4 Å². The predicted molar refractivity (Wildman–Crippen MR) is 104 cm³/mol. The second-order valence-corrected chi connectivity index (χ2v) is 7.65. The van der Waals surface area contributed by atoms with Crippen molar-refractivity contribution >= 4 is 16.7 Å². The lowest BCUT2D eigenvalue weighted by Crippen LogP contribution is -2.53. The van der Waals surface area contributed by atoms with Crippen molar-refractivity contribution in [3.05, 3.63) is 42.0 Å². The van der Waals surface area contributed by atoms with Gasteiger partial charge in [0.2, 0.25) is 5.91 Å². The van der Waals surface area contributed by atoms with Gasteiger partial charge in [0, 0.05) is 13.7 Å². The molecular formula is C22H27NO4. The van der Waals surface area contributed by atoms with Crippen LogP contribution in [0.5, 0.6) is 5.75 Å². The number of rotatable bonds is 5. The third-order valence-electron chi connectivity index (χ3n) is 5.98. The van der Waals surface area contributed by atoms with Crippen LogP contribution in [0, 0.1) is 5.41 Å². The summed E-state index contributed by atoms with van der Waals surface area (Å²) in [6, 6.07) is 12.4. The molecule has 1 aliphatic carbocycles. The summed E-state index contributed by atoms with van der Waals surface area (Å²) in [5.41, 5.74) is 0.802. The Kier molecular flexibility index (Phi) is 5.06. The van der Waals surface area contributed by atoms with Crippen molar-refractivity contribution in [2.24, 2.45) is 5.41 Å². The third-order valence-corrected chi connectivity index (χ3v) is 5.98. The molecule has 1 heterocycles. The van der Waals surface area contributed by atoms with E-state index in [0.717, 1.165) is 41.3 Å². The molecule has 0 aromatic heterocycles. The highest BCUT2D eigenvalue weighted by atomic mass is 16.5. The first kappa shape index (κ1) is 18.3. The number of amides is 1. The Morgan fingerprint density at radius 1 is 1.19 bits per heavy atom. The topological polar surface area (TPSA) is 48.0 Å². The number of nitrogens with zero attached hydrogens (tertiary/aromatic N) is 1. The second kappa shape index (κ2) is 7.49. The summed E-state index contributed by atoms with van der Waals surface area (Å²) in [5, 5.41) is 2.28. The van der Waals surface area contributed by atoms with Crippen molar-refractivity contribution in [1.29, 1.82) is 0 Å². The highest BCUT2D eigenvalue weighted by Gasteiger charge is 2.47. The zero-order valence-electron chi connectivity index (χ0n) is 16.1. The van der Waals surface area contributed by atoms with Crippen molar-refractivity contribution in [3.63, 3.8) is 0 Å². The Hall–Kier alpha value is -2.11. The monoisotopic (exact) mass is 369 g/mol. The molecule has 2 aliphatic rings. The minimum atomic E-state index is -0.309. The summed E-state index contributed by atoms with van der Waals surface area (Å²) in [6.07, 6.45) is 2.88. The van der Waals surface area contributed by atoms with Gasteiger partial charge < -0.3 is 19.1 Å². The number of hydrogen-bond donors (Lipinski definition) is 0. The largest absolute Gasteiger partial charge is 0.497 e. The minimum absolute atomic E-state index is 0.0890. The van der Waals surface area contributed by atoms with Crippen LogP contribution >= 0.6 is 0 Å². The van der Waals surface area contributed by atoms with E-state index in [1.54, 1.807) is 14.2 Å². The third kappa shape index (κ3) is 3.42. The average molecular weight is 369 g/mol. The molecule has 27 heavy (non-hydrogen) atoms. The van der Waals surface area contributed by atoms with Crippen LogP contribution in [0.15, 0.2) is 36.4 Å². The van der Waals surface area contributed by atoms with E-state index in [2.05, 4.69) is 24.3 Å². The summed E-state index contributed by atoms with van der Waals surface area (Å²) < 4.78 is 16.7. The molecule has 0 spiro atoms. The normalized spacial score (nSPS) is 21.7. The number of hydrogen-bond acceptors (Lipinski definition) is 4. The molecule has 1 amide bonds. The Morgan fingerprint density at radius 2 is 1.96 bits per heavy atom. The lowest BCUT2D eigenvalue weighted by atomic mass is 9.68. The Labute approximate surface area is 160 Å². The van der Waals surface area contributed by atoms with Gasteiger partial charge in [-0.1, -0.05) is 24.6 Å². The van der Waals surface area contributed by atoms with Crippen molar-refractivity contribution in [3.8, 4) is 5.75 Å². The number of carbonyl (C=O) groups is 1. The molecule has 0 radical (unpaired) electrons. The van der Waals surface area contributed by atoms with Crippen molar-refractivity contribution in [1.82, 2.24) is 4.90 Å². The Morgan fingerprint density at radius 3 is 2.67 bits per heavy atom. The summed E-state index contributed by atoms with van der Waals surface area (Å²) in [4.78, 5) is 15.1. The van der Waals surface area contributed by atoms with Crippen molar-refractivity contribution < 1.29 is 19.0 Å². The lowest BCUT2D eigenvalue weighted by Gasteiger charge is -2.45. The summed E-state index contributed by atoms with van der Waals surface area (Å²) in [5.74, 6) is 1.08. The van der Waals surface area contributed by atoms with Gasteiger partial charge in [-0.3, -0.25) is 4.79 Å². The van der Waals surface area contributed by atoms with E-state index < -0.39 is 0 Å². The highest BCUT2D eigenvalue weighted by Crippen LogP contribution is 2.43. The van der Waals surface area contributed by atoms with Gasteiger partial charge in [0.05, 0.1) is 32.3 Å². The first-order chi connectivity index (χ1) is 13.1. The SMILES string of the molecule is COCC1(C(=O)N2CCO[C@@H](c3ccc4cc(OC)ccc4c3)C2)CCC1. The molecule has 2 fully saturated rings. The Bertz CT molecular complexity index is 830. The van der Waals surface area contributed by atoms with E-state index in [9.17, 15) is 4.79 Å². The fourth-order valence-electron chi connectivity index (χ4n) is 4.24. The maximum Gasteiger partial charge on any atom is 0.231 e. The smallest absolute Gasteiger partial charge is 0.231 e. The zero-order valence-corrected chi connectivity index (χ0v) is 16.1. The van der Waals surface area contributed by atoms with Gasteiger partial charge in [-0.25, -0.2) is 0 Å². The first-order valence-electron chi connectivity index (χ1n) is 9.63. The quantitative estimate of drug-likeness (QED) is 0.808. The van der Waals surface area contributed by atoms with Crippen LogP contribution in [-0.2, 0) is 14.3 Å². The van der Waals surface area contributed by atoms with Crippen LogP contribution in [0.1, 0.15) is 30.9 Å². The molecule has 4 rings (SSSR count). The number of morpholine rings is 1. The van der Waals surface area contributed by atoms with Crippen LogP contribution in [0.25, 0.3) is 10.8 Å². The molecule has 1 atom stereocenters. The van der Waals surface area contributed by atoms with Gasteiger partial charge >= 0.3 is 0 Å². The van der Waals surface area contributed by atoms with E-state index in [0.29, 0.717) is 26.3 Å². The van der Waals surface area contributed by atoms with Gasteiger partial charge in [-0.2, -0.15) is 0 Å². The molecule has 2 aromatic rings. The maximum absolute atomic E-state index is 13.1. The number of ether oxygens (including phenoxy) is 3. The van der Waals surface area contributed by atoms with Crippen LogP contribution in [0.4, 0.5) is 0 Å². The molecule has 0 N–H and O–H groups in total. The predicted octanol–water partition coefficient (Wildman–Crippen LogP) is 3.57. The fraction of sp³-hybridized carbons (Fsp3) is 0.500. The molecular weight excluding hydrogens is 342 g/mol. The van der Waals surface area contributed by atoms with E-state index >= 15 is 0 Å². The van der Waals surface area contributed by atoms with Crippen LogP contribution in [-0.4, -0.2) is 51.3 Å². The standard InChI is InChI=1S/C22H27NO4/c1-25-15-22(8-3-9-22)21(24)23-10-11-27-20(14-23)18-5-4-17-13-19(26-2)7-6-16(17)12-18/h4-7,12-13,20H,3,8-11,14-15H2,1-2H3/t20-/m1/s1. The lowest BCUT2D eigenvalue weighted by molar-refractivity contribution is -0.159. The van der Waals surface area contributed by atoms with Gasteiger partial charge in [0.25, 0.3) is 0 Å². The summed E-state index contributed by atoms with van der Waals surface area (Å²) >= 11 is 0. The maximum atomic E-state index is 13.1. The molecule has 0 unspecified atom stereocenters. The highest BCUT2D eigenvalue weighted by molar-refractivity contribution is 5.85. The molecule has 2 aromatic carbocycles. The number of benzene rings is 2. The second-order valence-electron chi connectivity index (χ2n) is 7.65. The van der Waals surface area contributed by atoms with E-state index in [-0.39, 0.29) is 17.4 Å². The van der Waals surface area contributed by atoms with Crippen LogP contribution in [0.3, 0.4) is 0 Å². The molecule has 1 saturated heterocycles. The fourth-order valence-corrected chi connectivity index (χ4v) is 4.24. The Balaban J connectivity index is 1.52.